The molecule has 0 bridgehead atoms. The van der Waals surface area contributed by atoms with E-state index in [0.29, 0.717) is 5.41 Å². The Kier molecular flexibility index (Phi) is 4.80. The van der Waals surface area contributed by atoms with Crippen LogP contribution in [0, 0.1) is 28.6 Å². The Balaban J connectivity index is 2.44. The Hall–Kier alpha value is -0.550. The van der Waals surface area contributed by atoms with Crippen molar-refractivity contribution in [1.82, 2.24) is 4.90 Å². The van der Waals surface area contributed by atoms with Crippen molar-refractivity contribution >= 4 is 0 Å². The second-order valence-electron chi connectivity index (χ2n) is 6.32. The summed E-state index contributed by atoms with van der Waals surface area (Å²) in [5.74, 6) is 1.01. The molecule has 0 aromatic carbocycles. The van der Waals surface area contributed by atoms with Crippen LogP contribution in [0.5, 0.6) is 0 Å². The molecule has 2 unspecified atom stereocenters. The van der Waals surface area contributed by atoms with Crippen LogP contribution in [0.3, 0.4) is 0 Å². The van der Waals surface area contributed by atoms with Crippen LogP contribution in [0.4, 0.5) is 0 Å². The first kappa shape index (κ1) is 13.5. The van der Waals surface area contributed by atoms with E-state index in [1.165, 1.54) is 32.4 Å². The van der Waals surface area contributed by atoms with Gasteiger partial charge < -0.3 is 4.90 Å². The summed E-state index contributed by atoms with van der Waals surface area (Å²) in [6.07, 6.45) is 3.93. The molecule has 0 spiro atoms. The molecule has 0 aliphatic carbocycles. The summed E-state index contributed by atoms with van der Waals surface area (Å²) in [6, 6.07) is 2.33. The van der Waals surface area contributed by atoms with Crippen molar-refractivity contribution in [2.45, 2.75) is 47.0 Å². The van der Waals surface area contributed by atoms with Crippen molar-refractivity contribution in [3.63, 3.8) is 0 Å². The summed E-state index contributed by atoms with van der Waals surface area (Å²) in [6.45, 7) is 12.4. The Morgan fingerprint density at radius 1 is 1.31 bits per heavy atom. The lowest BCUT2D eigenvalue weighted by Gasteiger charge is -2.29. The van der Waals surface area contributed by atoms with E-state index in [-0.39, 0.29) is 5.92 Å². The van der Waals surface area contributed by atoms with Gasteiger partial charge in [0.15, 0.2) is 0 Å². The second-order valence-corrected chi connectivity index (χ2v) is 6.32. The summed E-state index contributed by atoms with van der Waals surface area (Å²) in [7, 11) is 0. The van der Waals surface area contributed by atoms with E-state index in [1.807, 2.05) is 6.92 Å². The molecule has 0 saturated carbocycles. The number of hydrogen-bond donors (Lipinski definition) is 0. The zero-order valence-corrected chi connectivity index (χ0v) is 11.3. The molecule has 92 valence electrons. The molecule has 0 aromatic heterocycles. The Morgan fingerprint density at radius 3 is 2.56 bits per heavy atom. The molecule has 1 aliphatic rings. The average Bonchev–Trinajstić information content (AvgIpc) is 2.42. The van der Waals surface area contributed by atoms with Gasteiger partial charge in [0.1, 0.15) is 0 Å². The summed E-state index contributed by atoms with van der Waals surface area (Å²) in [4.78, 5) is 2.47. The van der Waals surface area contributed by atoms with Crippen LogP contribution in [-0.2, 0) is 0 Å². The molecule has 1 saturated heterocycles. The van der Waals surface area contributed by atoms with Crippen LogP contribution in [0.2, 0.25) is 0 Å². The van der Waals surface area contributed by atoms with Gasteiger partial charge in [0.25, 0.3) is 0 Å². The first-order valence-electron chi connectivity index (χ1n) is 6.55. The minimum atomic E-state index is 0.172. The van der Waals surface area contributed by atoms with E-state index in [0.717, 1.165) is 12.5 Å². The van der Waals surface area contributed by atoms with Gasteiger partial charge in [0, 0.05) is 6.54 Å². The highest BCUT2D eigenvalue weighted by Gasteiger charge is 2.27. The smallest absolute Gasteiger partial charge is 0.0666 e. The molecule has 1 heterocycles. The predicted octanol–water partition coefficient (Wildman–Crippen LogP) is 3.29. The topological polar surface area (TPSA) is 27.0 Å². The minimum absolute atomic E-state index is 0.172. The number of hydrogen-bond acceptors (Lipinski definition) is 2. The fourth-order valence-electron chi connectivity index (χ4n) is 2.63. The molecule has 1 rings (SSSR count). The summed E-state index contributed by atoms with van der Waals surface area (Å²) >= 11 is 0. The third kappa shape index (κ3) is 4.14. The molecule has 1 aliphatic heterocycles. The van der Waals surface area contributed by atoms with E-state index >= 15 is 0 Å². The molecule has 0 amide bonds. The molecule has 0 radical (unpaired) electrons. The van der Waals surface area contributed by atoms with Gasteiger partial charge in [0.2, 0.25) is 0 Å². The first-order valence-corrected chi connectivity index (χ1v) is 6.55. The summed E-state index contributed by atoms with van der Waals surface area (Å²) < 4.78 is 0. The highest BCUT2D eigenvalue weighted by Crippen LogP contribution is 2.34. The van der Waals surface area contributed by atoms with Gasteiger partial charge in [-0.3, -0.25) is 0 Å². The zero-order chi connectivity index (χ0) is 12.2. The van der Waals surface area contributed by atoms with Crippen LogP contribution in [0.25, 0.3) is 0 Å². The maximum Gasteiger partial charge on any atom is 0.0666 e. The quantitative estimate of drug-likeness (QED) is 0.717. The van der Waals surface area contributed by atoms with E-state index in [4.69, 9.17) is 5.26 Å². The number of rotatable bonds is 2. The van der Waals surface area contributed by atoms with E-state index in [2.05, 4.69) is 31.7 Å². The lowest BCUT2D eigenvalue weighted by molar-refractivity contribution is 0.205. The molecular formula is C14H26N2. The number of nitrogens with zero attached hydrogens (tertiary/aromatic N) is 2. The van der Waals surface area contributed by atoms with Crippen LogP contribution < -0.4 is 0 Å². The fraction of sp³-hybridized carbons (Fsp3) is 0.929. The van der Waals surface area contributed by atoms with Crippen LogP contribution >= 0.6 is 0 Å². The van der Waals surface area contributed by atoms with Gasteiger partial charge in [-0.2, -0.15) is 5.26 Å². The van der Waals surface area contributed by atoms with Gasteiger partial charge in [-0.05, 0) is 50.6 Å². The normalized spacial score (nSPS) is 25.8. The van der Waals surface area contributed by atoms with E-state index in [1.54, 1.807) is 0 Å². The summed E-state index contributed by atoms with van der Waals surface area (Å²) in [5, 5.41) is 8.84. The van der Waals surface area contributed by atoms with Gasteiger partial charge in [-0.1, -0.05) is 20.8 Å². The first-order chi connectivity index (χ1) is 7.43. The fourth-order valence-corrected chi connectivity index (χ4v) is 2.63. The SMILES string of the molecule is CC(C#N)CN1CCCC(C(C)(C)C)CC1. The molecule has 0 N–H and O–H groups in total. The highest BCUT2D eigenvalue weighted by atomic mass is 15.1. The predicted molar refractivity (Wildman–Crippen MR) is 68.0 cm³/mol. The highest BCUT2D eigenvalue weighted by molar-refractivity contribution is 4.84. The van der Waals surface area contributed by atoms with Gasteiger partial charge >= 0.3 is 0 Å². The lowest BCUT2D eigenvalue weighted by Crippen LogP contribution is -2.30. The molecule has 16 heavy (non-hydrogen) atoms. The molecule has 1 fully saturated rings. The van der Waals surface area contributed by atoms with Crippen molar-refractivity contribution in [3.05, 3.63) is 0 Å². The Labute approximate surface area is 101 Å². The monoisotopic (exact) mass is 222 g/mol. The van der Waals surface area contributed by atoms with Crippen molar-refractivity contribution < 1.29 is 0 Å². The van der Waals surface area contributed by atoms with Crippen LogP contribution in [0.15, 0.2) is 0 Å². The van der Waals surface area contributed by atoms with Crippen molar-refractivity contribution in [1.29, 1.82) is 5.26 Å². The van der Waals surface area contributed by atoms with Gasteiger partial charge in [-0.15, -0.1) is 0 Å². The molecule has 2 heteroatoms. The maximum absolute atomic E-state index is 8.84. The van der Waals surface area contributed by atoms with Crippen molar-refractivity contribution in [2.75, 3.05) is 19.6 Å². The molecule has 0 aromatic rings. The van der Waals surface area contributed by atoms with Crippen molar-refractivity contribution in [3.8, 4) is 6.07 Å². The largest absolute Gasteiger partial charge is 0.302 e. The van der Waals surface area contributed by atoms with Crippen LogP contribution in [-0.4, -0.2) is 24.5 Å². The number of nitriles is 1. The lowest BCUT2D eigenvalue weighted by atomic mass is 9.77. The molecule has 2 nitrogen and oxygen atoms in total. The summed E-state index contributed by atoms with van der Waals surface area (Å²) in [5.41, 5.74) is 0.441. The zero-order valence-electron chi connectivity index (χ0n) is 11.3. The minimum Gasteiger partial charge on any atom is -0.302 e. The van der Waals surface area contributed by atoms with Gasteiger partial charge in [0.05, 0.1) is 12.0 Å². The third-order valence-electron chi connectivity index (χ3n) is 3.80. The average molecular weight is 222 g/mol. The molecular weight excluding hydrogens is 196 g/mol. The molecule has 2 atom stereocenters. The standard InChI is InChI=1S/C14H26N2/c1-12(10-15)11-16-8-5-6-13(7-9-16)14(2,3)4/h12-13H,5-9,11H2,1-4H3. The third-order valence-corrected chi connectivity index (χ3v) is 3.80. The maximum atomic E-state index is 8.84. The van der Waals surface area contributed by atoms with Crippen LogP contribution in [0.1, 0.15) is 47.0 Å². The number of likely N-dealkylation sites (tertiary alicyclic amines) is 1. The second kappa shape index (κ2) is 5.68. The van der Waals surface area contributed by atoms with E-state index < -0.39 is 0 Å². The van der Waals surface area contributed by atoms with Gasteiger partial charge in [-0.25, -0.2) is 0 Å². The Bertz CT molecular complexity index is 246. The Morgan fingerprint density at radius 2 is 2.00 bits per heavy atom. The van der Waals surface area contributed by atoms with E-state index in [9.17, 15) is 0 Å². The van der Waals surface area contributed by atoms with Crippen molar-refractivity contribution in [2.24, 2.45) is 17.3 Å².